The molecule has 0 radical (unpaired) electrons. The van der Waals surface area contributed by atoms with Crippen LogP contribution < -0.4 is 15.3 Å². The van der Waals surface area contributed by atoms with Crippen molar-refractivity contribution in [1.82, 2.24) is 15.3 Å². The second-order valence-corrected chi connectivity index (χ2v) is 36.3. The molecule has 618 valence electrons. The van der Waals surface area contributed by atoms with Gasteiger partial charge >= 0.3 is 231 Å². The Kier molecular flexibility index (Phi) is 173. The van der Waals surface area contributed by atoms with Gasteiger partial charge in [-0.05, 0) is 55.4 Å². The maximum atomic E-state index is 11.4. The molecule has 0 aliphatic rings. The van der Waals surface area contributed by atoms with E-state index in [2.05, 4.69) is 31.7 Å². The van der Waals surface area contributed by atoms with Gasteiger partial charge in [0.1, 0.15) is 18.5 Å². The molecule has 68 heteroatoms. The van der Waals surface area contributed by atoms with E-state index in [-0.39, 0.29) is 113 Å². The third-order valence-electron chi connectivity index (χ3n) is 4.81. The van der Waals surface area contributed by atoms with Gasteiger partial charge < -0.3 is 133 Å². The summed E-state index contributed by atoms with van der Waals surface area (Å²) in [5.41, 5.74) is 0. The summed E-state index contributed by atoms with van der Waals surface area (Å²) < 4.78 is 141. The number of halogens is 9. The van der Waals surface area contributed by atoms with E-state index in [0.29, 0.717) is 0 Å². The normalized spacial score (nSPS) is 10.5. The molecule has 48 nitrogen and oxygen atoms in total. The molecule has 0 aromatic carbocycles. The summed E-state index contributed by atoms with van der Waals surface area (Å²) in [6.45, 7) is 14.3. The first-order valence-corrected chi connectivity index (χ1v) is 54.5. The molecule has 0 aromatic rings. The first kappa shape index (κ1) is 156. The number of carbonyl (C=O) groups is 6. The van der Waals surface area contributed by atoms with Crippen LogP contribution in [0.25, 0.3) is 49.2 Å². The molecule has 0 fully saturated rings. The SMILES string of the molecule is CCOP(=O)(CC(=O)O)OCC.CCOP(=O)(CC(=O)O)OCC.CCOP(=O)(NC(=O)O)OC.CCOP(=O)(NC(=O)O)OC.CCOP(=O)(OC#N)OCC.O.O.O=C(O)CP(=O)(O)O.O=C(O)NP(=O)(O)O.[2H]CF.[Cl][Pt+2][Cl].[Cl][Pt+2][Cl].[Cl][Pt+2][Cl].[Cl][Pt+2][Cl].[NH2-].[NH2-].[NH2-].[NH2-].[NH2-].[NH2-].[NH2-].[NH2-]. The Hall–Kier alpha value is 1.16. The summed E-state index contributed by atoms with van der Waals surface area (Å²) in [5.74, 6) is -3.85. The topological polar surface area (TPSA) is 917 Å². The molecule has 97 heavy (non-hydrogen) atoms. The number of nitrogens with two attached hydrogens (primary N) is 8. The third-order valence-corrected chi connectivity index (χ3v) is 14.4. The summed E-state index contributed by atoms with van der Waals surface area (Å²) >= 11 is -1.89. The number of phosphoric ester groups is 1. The van der Waals surface area contributed by atoms with E-state index in [1.807, 2.05) is 0 Å². The van der Waals surface area contributed by atoms with E-state index in [0.717, 1.165) is 19.3 Å². The molecule has 0 aromatic heterocycles. The molecule has 0 saturated heterocycles. The van der Waals surface area contributed by atoms with Crippen LogP contribution in [0.4, 0.5) is 18.8 Å². The summed E-state index contributed by atoms with van der Waals surface area (Å²) in [6, 6.07) is 0. The minimum atomic E-state index is -4.57. The van der Waals surface area contributed by atoms with Crippen LogP contribution in [-0.2, 0) is 162 Å². The molecule has 0 bridgehead atoms. The monoisotopic (exact) mass is 2480 g/mol. The summed E-state index contributed by atoms with van der Waals surface area (Å²) in [4.78, 5) is 90.9. The van der Waals surface area contributed by atoms with E-state index in [1.165, 1.54) is 6.26 Å². The number of nitrogens with one attached hydrogen (secondary N) is 3. The number of carboxylic acids is 3. The number of carboxylic acid groups (broad SMARTS) is 6. The molecule has 0 rings (SSSR count). The van der Waals surface area contributed by atoms with Crippen LogP contribution in [0.1, 0.15) is 56.8 Å². The van der Waals surface area contributed by atoms with Gasteiger partial charge in [-0.3, -0.25) is 59.6 Å². The van der Waals surface area contributed by atoms with E-state index in [9.17, 15) is 65.1 Å². The van der Waals surface area contributed by atoms with Crippen LogP contribution in [0.15, 0.2) is 0 Å². The van der Waals surface area contributed by atoms with Crippen molar-refractivity contribution in [1.29, 1.82) is 5.26 Å². The first-order valence-electron chi connectivity index (χ1n) is 21.2. The molecular weight excluding hydrogens is 2390 g/mol. The van der Waals surface area contributed by atoms with Gasteiger partial charge in [-0.25, -0.2) is 47.9 Å². The number of phosphoric acid groups is 1. The predicted molar refractivity (Wildman–Crippen MR) is 350 cm³/mol. The Bertz CT molecular complexity index is 2010. The number of aliphatic carboxylic acids is 3. The van der Waals surface area contributed by atoms with Crippen LogP contribution in [0.2, 0.25) is 0 Å². The second-order valence-electron chi connectivity index (χ2n) is 10.8. The maximum Gasteiger partial charge on any atom is -0.693 e. The minimum absolute atomic E-state index is 0. The molecule has 0 heterocycles. The number of hydrogen-bond acceptors (Lipinski definition) is 25. The second kappa shape index (κ2) is 108. The average molecular weight is 2480 g/mol. The van der Waals surface area contributed by atoms with E-state index in [4.69, 9.17) is 150 Å². The summed E-state index contributed by atoms with van der Waals surface area (Å²) in [7, 11) is 13.8. The summed E-state index contributed by atoms with van der Waals surface area (Å²) in [6.07, 6.45) is -5.59. The minimum Gasteiger partial charge on any atom is -0.693 e. The van der Waals surface area contributed by atoms with Crippen LogP contribution >= 0.6 is 129 Å². The number of nitrogens with zero attached hydrogens (tertiary/aromatic N) is 1. The van der Waals surface area contributed by atoms with Crippen LogP contribution in [0.3, 0.4) is 0 Å². The Morgan fingerprint density at radius 1 is 0.433 bits per heavy atom. The zero-order valence-corrected chi connectivity index (χ0v) is 73.0. The van der Waals surface area contributed by atoms with Gasteiger partial charge in [0.25, 0.3) is 6.26 Å². The maximum absolute atomic E-state index is 11.4. The van der Waals surface area contributed by atoms with Gasteiger partial charge in [-0.15, -0.1) is 5.26 Å². The Morgan fingerprint density at radius 2 is 0.619 bits per heavy atom. The van der Waals surface area contributed by atoms with Crippen LogP contribution in [0.5, 0.6) is 0 Å². The predicted octanol–water partition coefficient (Wildman–Crippen LogP) is 15.2. The van der Waals surface area contributed by atoms with Gasteiger partial charge in [0.15, 0.2) is 0 Å². The molecule has 2 atom stereocenters. The number of nitriles is 1. The fraction of sp³-hybridized carbons (Fsp3) is 0.759. The quantitative estimate of drug-likeness (QED) is 0.0256. The third kappa shape index (κ3) is 164. The van der Waals surface area contributed by atoms with Crippen LogP contribution in [0, 0.1) is 11.5 Å². The summed E-state index contributed by atoms with van der Waals surface area (Å²) in [5, 5.41) is 60.8. The first-order chi connectivity index (χ1) is 40.2. The molecule has 2 unspecified atom stereocenters. The number of amides is 3. The standard InChI is InChI=1S/2C6H13O5P.C5H10NO4P.2C4H10NO5P.C2H5O5P.CH3F.CH4NO5P.8ClH.8H2N.2H2O.4Pt/c2*1-3-10-12(9,11-4-2)5-6(7)8;1-3-8-11(7,9-4-2)10-5-6;2*1-3-10-11(8,9-2)5-4(6)7;3-2(4)1-8(5,6)7;1-2;3-1(4)2-8(5,6)7;;;;;;;;;;;;;;;;;;;;;;/h2*3-5H2,1-2H3,(H,7,8);3-4H2,1-2H3;2*3H2,1-2H3,(H,5,8)(H,6,7);1H2,(H,3,4)(H2,5,6,7);1H3;(H,3,4)(H3,2,5,6,7);8*1H;10*1H2;;;;/q;;;;;;;;;;;;;;;;8*-1;;;4*+4/p-8/i;;;;;;1D;;;;;;;;;;;;;;;;;;;;;;;. The molecule has 0 spiro atoms. The zero-order valence-electron chi connectivity index (χ0n) is 52.6. The molecule has 0 aliphatic heterocycles. The number of hydrogen-bond donors (Lipinski definition) is 13. The number of rotatable bonds is 28. The average Bonchev–Trinajstić information content (AvgIpc) is 3.32. The van der Waals surface area contributed by atoms with Crippen molar-refractivity contribution in [3.05, 3.63) is 49.2 Å². The van der Waals surface area contributed by atoms with Gasteiger partial charge in [0, 0.05) is 14.2 Å². The fourth-order valence-electron chi connectivity index (χ4n) is 2.97. The van der Waals surface area contributed by atoms with Gasteiger partial charge in [0.05, 0.1) is 61.4 Å². The smallest absolute Gasteiger partial charge is 0.693 e. The van der Waals surface area contributed by atoms with Crippen molar-refractivity contribution in [2.45, 2.75) is 55.4 Å². The van der Waals surface area contributed by atoms with Crippen molar-refractivity contribution in [2.24, 2.45) is 0 Å². The largest absolute Gasteiger partial charge is 0.693 e. The molecule has 3 amide bonds. The van der Waals surface area contributed by atoms with Crippen molar-refractivity contribution in [3.8, 4) is 6.26 Å². The van der Waals surface area contributed by atoms with Crippen LogP contribution in [-0.4, -0.2) is 190 Å². The Balaban J connectivity index is -0.0000000327. The molecular formula is C29H88Cl8FN12O36P7Pt4. The van der Waals surface area contributed by atoms with Gasteiger partial charge in [-0.2, -0.15) is 0 Å². The van der Waals surface area contributed by atoms with Crippen molar-refractivity contribution >= 4 is 165 Å². The zero-order chi connectivity index (χ0) is 72.9. The molecule has 0 saturated carbocycles. The molecule has 0 aliphatic carbocycles. The molecule has 33 N–H and O–H groups in total. The van der Waals surface area contributed by atoms with Gasteiger partial charge in [-0.1, -0.05) is 0 Å². The van der Waals surface area contributed by atoms with E-state index in [1.54, 1.807) is 65.6 Å². The van der Waals surface area contributed by atoms with Gasteiger partial charge in [0.2, 0.25) is 0 Å². The van der Waals surface area contributed by atoms with Crippen molar-refractivity contribution < 1.29 is 243 Å². The Morgan fingerprint density at radius 3 is 0.711 bits per heavy atom. The fourth-order valence-corrected chi connectivity index (χ4v) is 8.90. The van der Waals surface area contributed by atoms with Crippen molar-refractivity contribution in [3.63, 3.8) is 0 Å². The number of alkyl halides is 1. The Labute approximate surface area is 627 Å². The van der Waals surface area contributed by atoms with Crippen molar-refractivity contribution in [2.75, 3.05) is 92.7 Å². The van der Waals surface area contributed by atoms with E-state index >= 15 is 0 Å². The van der Waals surface area contributed by atoms with E-state index < -0.39 is 182 Å².